The predicted molar refractivity (Wildman–Crippen MR) is 115 cm³/mol. The predicted octanol–water partition coefficient (Wildman–Crippen LogP) is 3.90. The van der Waals surface area contributed by atoms with Gasteiger partial charge in [0, 0.05) is 11.1 Å². The van der Waals surface area contributed by atoms with E-state index in [1.165, 1.54) is 19.2 Å². The van der Waals surface area contributed by atoms with Gasteiger partial charge in [0.25, 0.3) is 5.91 Å². The zero-order valence-corrected chi connectivity index (χ0v) is 18.6. The molecule has 2 aromatic carbocycles. The van der Waals surface area contributed by atoms with Gasteiger partial charge in [-0.2, -0.15) is 0 Å². The summed E-state index contributed by atoms with van der Waals surface area (Å²) in [4.78, 5) is 12.9. The van der Waals surface area contributed by atoms with Crippen molar-refractivity contribution < 1.29 is 17.9 Å². The number of hydrogen-bond acceptors (Lipinski definition) is 4. The fourth-order valence-corrected chi connectivity index (χ4v) is 4.62. The van der Waals surface area contributed by atoms with Gasteiger partial charge in [-0.3, -0.25) is 4.79 Å². The Morgan fingerprint density at radius 2 is 1.66 bits per heavy atom. The monoisotopic (exact) mass is 418 g/mol. The quantitative estimate of drug-likeness (QED) is 0.714. The number of benzene rings is 2. The molecule has 2 aromatic rings. The van der Waals surface area contributed by atoms with Crippen LogP contribution in [0.4, 0.5) is 0 Å². The number of nitrogens with one attached hydrogen (secondary N) is 2. The smallest absolute Gasteiger partial charge is 0.251 e. The van der Waals surface area contributed by atoms with Crippen LogP contribution in [0.15, 0.2) is 53.4 Å². The number of rotatable bonds is 7. The van der Waals surface area contributed by atoms with Gasteiger partial charge in [0.1, 0.15) is 10.6 Å². The Kier molecular flexibility index (Phi) is 7.08. The summed E-state index contributed by atoms with van der Waals surface area (Å²) in [5, 5.41) is 3.02. The highest BCUT2D eigenvalue weighted by Gasteiger charge is 2.27. The van der Waals surface area contributed by atoms with Gasteiger partial charge >= 0.3 is 0 Å². The van der Waals surface area contributed by atoms with E-state index in [4.69, 9.17) is 4.74 Å². The first-order chi connectivity index (χ1) is 13.4. The SMILES string of the molecule is COc1ccc(C(=O)NC(c2ccccc2)C(C)C)cc1S(=O)(=O)NC(C)(C)C. The second kappa shape index (κ2) is 8.97. The highest BCUT2D eigenvalue weighted by Crippen LogP contribution is 2.27. The minimum atomic E-state index is -3.87. The second-order valence-corrected chi connectivity index (χ2v) is 9.98. The van der Waals surface area contributed by atoms with Crippen LogP contribution in [-0.2, 0) is 10.0 Å². The topological polar surface area (TPSA) is 84.5 Å². The molecule has 1 amide bonds. The summed E-state index contributed by atoms with van der Waals surface area (Å²) in [5.74, 6) is -0.00505. The molecule has 0 aromatic heterocycles. The molecule has 2 rings (SSSR count). The molecule has 2 N–H and O–H groups in total. The highest BCUT2D eigenvalue weighted by atomic mass is 32.2. The molecule has 0 aliphatic carbocycles. The molecule has 29 heavy (non-hydrogen) atoms. The van der Waals surface area contributed by atoms with E-state index in [9.17, 15) is 13.2 Å². The fourth-order valence-electron chi connectivity index (χ4n) is 3.01. The molecule has 0 saturated carbocycles. The maximum atomic E-state index is 12.9. The van der Waals surface area contributed by atoms with Crippen molar-refractivity contribution in [3.8, 4) is 5.75 Å². The Labute approximate surface area is 173 Å². The first-order valence-electron chi connectivity index (χ1n) is 9.52. The molecule has 0 saturated heterocycles. The third kappa shape index (κ3) is 6.05. The Morgan fingerprint density at radius 3 is 2.17 bits per heavy atom. The molecule has 0 fully saturated rings. The molecule has 1 atom stereocenters. The Bertz CT molecular complexity index is 949. The Morgan fingerprint density at radius 1 is 1.03 bits per heavy atom. The molecule has 0 bridgehead atoms. The van der Waals surface area contributed by atoms with Gasteiger partial charge in [-0.25, -0.2) is 13.1 Å². The van der Waals surface area contributed by atoms with Crippen molar-refractivity contribution in [3.63, 3.8) is 0 Å². The average molecular weight is 419 g/mol. The van der Waals surface area contributed by atoms with Crippen LogP contribution in [-0.4, -0.2) is 27.0 Å². The van der Waals surface area contributed by atoms with E-state index >= 15 is 0 Å². The summed E-state index contributed by atoms with van der Waals surface area (Å²) in [6.45, 7) is 9.30. The van der Waals surface area contributed by atoms with Gasteiger partial charge < -0.3 is 10.1 Å². The number of sulfonamides is 1. The van der Waals surface area contributed by atoms with Gasteiger partial charge in [0.05, 0.1) is 13.2 Å². The van der Waals surface area contributed by atoms with Crippen LogP contribution < -0.4 is 14.8 Å². The Hall–Kier alpha value is -2.38. The lowest BCUT2D eigenvalue weighted by Gasteiger charge is -2.24. The summed E-state index contributed by atoms with van der Waals surface area (Å²) >= 11 is 0. The maximum absolute atomic E-state index is 12.9. The lowest BCUT2D eigenvalue weighted by atomic mass is 9.95. The molecule has 0 aliphatic heterocycles. The first-order valence-corrected chi connectivity index (χ1v) is 11.0. The molecule has 158 valence electrons. The lowest BCUT2D eigenvalue weighted by molar-refractivity contribution is 0.0925. The van der Waals surface area contributed by atoms with Crippen LogP contribution in [0.1, 0.15) is 56.6 Å². The van der Waals surface area contributed by atoms with Crippen LogP contribution in [0.25, 0.3) is 0 Å². The van der Waals surface area contributed by atoms with Crippen molar-refractivity contribution in [3.05, 3.63) is 59.7 Å². The number of methoxy groups -OCH3 is 1. The van der Waals surface area contributed by atoms with Crippen LogP contribution in [0.2, 0.25) is 0 Å². The molecular weight excluding hydrogens is 388 g/mol. The number of hydrogen-bond donors (Lipinski definition) is 2. The van der Waals surface area contributed by atoms with Crippen molar-refractivity contribution in [1.29, 1.82) is 0 Å². The molecule has 0 heterocycles. The molecule has 1 unspecified atom stereocenters. The van der Waals surface area contributed by atoms with Gasteiger partial charge in [-0.05, 0) is 50.5 Å². The second-order valence-electron chi connectivity index (χ2n) is 8.33. The molecule has 7 heteroatoms. The summed E-state index contributed by atoms with van der Waals surface area (Å²) in [5.41, 5.74) is 0.575. The standard InChI is InChI=1S/C22H30N2O4S/c1-15(2)20(16-10-8-7-9-11-16)23-21(25)17-12-13-18(28-6)19(14-17)29(26,27)24-22(3,4)5/h7-15,20,24H,1-6H3,(H,23,25). The molecule has 0 radical (unpaired) electrons. The lowest BCUT2D eigenvalue weighted by Crippen LogP contribution is -2.40. The average Bonchev–Trinajstić information content (AvgIpc) is 2.64. The van der Waals surface area contributed by atoms with Crippen LogP contribution in [0.5, 0.6) is 5.75 Å². The van der Waals surface area contributed by atoms with E-state index in [0.717, 1.165) is 5.56 Å². The van der Waals surface area contributed by atoms with Crippen LogP contribution >= 0.6 is 0 Å². The Balaban J connectivity index is 2.38. The van der Waals surface area contributed by atoms with E-state index < -0.39 is 15.6 Å². The van der Waals surface area contributed by atoms with E-state index in [1.807, 2.05) is 44.2 Å². The molecular formula is C22H30N2O4S. The minimum absolute atomic E-state index is 0.0663. The summed E-state index contributed by atoms with van der Waals surface area (Å²) in [7, 11) is -2.47. The van der Waals surface area contributed by atoms with E-state index in [-0.39, 0.29) is 34.1 Å². The zero-order chi connectivity index (χ0) is 21.8. The van der Waals surface area contributed by atoms with Crippen molar-refractivity contribution in [2.45, 2.75) is 51.1 Å². The highest BCUT2D eigenvalue weighted by molar-refractivity contribution is 7.89. The summed E-state index contributed by atoms with van der Waals surface area (Å²) in [6.07, 6.45) is 0. The fraction of sp³-hybridized carbons (Fsp3) is 0.409. The van der Waals surface area contributed by atoms with E-state index in [1.54, 1.807) is 26.8 Å². The van der Waals surface area contributed by atoms with Crippen molar-refractivity contribution in [2.75, 3.05) is 7.11 Å². The zero-order valence-electron chi connectivity index (χ0n) is 17.8. The van der Waals surface area contributed by atoms with E-state index in [0.29, 0.717) is 0 Å². The number of carbonyl (C=O) groups excluding carboxylic acids is 1. The van der Waals surface area contributed by atoms with Crippen LogP contribution in [0.3, 0.4) is 0 Å². The first kappa shape index (κ1) is 22.9. The van der Waals surface area contributed by atoms with Gasteiger partial charge in [-0.1, -0.05) is 44.2 Å². The van der Waals surface area contributed by atoms with Gasteiger partial charge in [0.15, 0.2) is 0 Å². The maximum Gasteiger partial charge on any atom is 0.251 e. The summed E-state index contributed by atoms with van der Waals surface area (Å²) in [6, 6.07) is 13.9. The minimum Gasteiger partial charge on any atom is -0.495 e. The van der Waals surface area contributed by atoms with Gasteiger partial charge in [0.2, 0.25) is 10.0 Å². The van der Waals surface area contributed by atoms with E-state index in [2.05, 4.69) is 10.0 Å². The van der Waals surface area contributed by atoms with Crippen molar-refractivity contribution in [2.24, 2.45) is 5.92 Å². The van der Waals surface area contributed by atoms with Gasteiger partial charge in [-0.15, -0.1) is 0 Å². The third-order valence-electron chi connectivity index (χ3n) is 4.27. The summed E-state index contributed by atoms with van der Waals surface area (Å²) < 4.78 is 33.5. The molecule has 0 aliphatic rings. The third-order valence-corrected chi connectivity index (χ3v) is 6.05. The normalized spacial score (nSPS) is 13.2. The molecule has 0 spiro atoms. The number of ether oxygens (including phenoxy) is 1. The largest absolute Gasteiger partial charge is 0.495 e. The molecule has 6 nitrogen and oxygen atoms in total. The number of carbonyl (C=O) groups is 1. The van der Waals surface area contributed by atoms with Crippen LogP contribution in [0, 0.1) is 5.92 Å². The van der Waals surface area contributed by atoms with Crippen molar-refractivity contribution in [1.82, 2.24) is 10.0 Å². The number of amides is 1. The van der Waals surface area contributed by atoms with Crippen molar-refractivity contribution >= 4 is 15.9 Å².